The summed E-state index contributed by atoms with van der Waals surface area (Å²) < 4.78 is 10.4. The summed E-state index contributed by atoms with van der Waals surface area (Å²) in [6.45, 7) is 3.18. The molecule has 0 radical (unpaired) electrons. The fourth-order valence-corrected chi connectivity index (χ4v) is 2.19. The number of ether oxygens (including phenoxy) is 2. The van der Waals surface area contributed by atoms with E-state index in [9.17, 15) is 19.7 Å². The molecule has 0 saturated carbocycles. The van der Waals surface area contributed by atoms with Crippen LogP contribution in [0.2, 0.25) is 0 Å². The van der Waals surface area contributed by atoms with Crippen molar-refractivity contribution in [1.29, 1.82) is 5.26 Å². The van der Waals surface area contributed by atoms with Crippen molar-refractivity contribution < 1.29 is 24.0 Å². The molecule has 2 aromatic carbocycles. The molecule has 9 heteroatoms. The van der Waals surface area contributed by atoms with Crippen LogP contribution in [-0.4, -0.2) is 29.5 Å². The van der Waals surface area contributed by atoms with Gasteiger partial charge in [-0.2, -0.15) is 5.26 Å². The molecule has 0 spiro atoms. The minimum atomic E-state index is -0.699. The number of nitro benzene ring substituents is 1. The number of rotatable bonds is 7. The molecule has 144 valence electrons. The molecule has 0 unspecified atom stereocenters. The first kappa shape index (κ1) is 20.4. The minimum absolute atomic E-state index is 0.000722. The number of anilines is 1. The van der Waals surface area contributed by atoms with Crippen molar-refractivity contribution in [3.8, 4) is 11.8 Å². The summed E-state index contributed by atoms with van der Waals surface area (Å²) in [4.78, 5) is 34.1. The van der Waals surface area contributed by atoms with E-state index in [1.807, 2.05) is 13.8 Å². The Morgan fingerprint density at radius 1 is 1.21 bits per heavy atom. The molecule has 28 heavy (non-hydrogen) atoms. The highest BCUT2D eigenvalue weighted by Gasteiger charge is 2.15. The summed E-state index contributed by atoms with van der Waals surface area (Å²) in [6.07, 6.45) is -0.000722. The topological polar surface area (TPSA) is 132 Å². The van der Waals surface area contributed by atoms with Crippen molar-refractivity contribution in [2.45, 2.75) is 20.0 Å². The Bertz CT molecular complexity index is 932. The van der Waals surface area contributed by atoms with Gasteiger partial charge in [0.15, 0.2) is 6.61 Å². The zero-order valence-corrected chi connectivity index (χ0v) is 15.2. The largest absolute Gasteiger partial charge is 0.491 e. The lowest BCUT2D eigenvalue weighted by molar-refractivity contribution is -0.384. The Morgan fingerprint density at radius 3 is 2.46 bits per heavy atom. The van der Waals surface area contributed by atoms with Gasteiger partial charge in [-0.25, -0.2) is 4.79 Å². The van der Waals surface area contributed by atoms with E-state index in [2.05, 4.69) is 5.32 Å². The number of amides is 1. The molecular weight excluding hydrogens is 366 g/mol. The molecule has 0 bridgehead atoms. The van der Waals surface area contributed by atoms with Crippen LogP contribution in [0.25, 0.3) is 0 Å². The van der Waals surface area contributed by atoms with Gasteiger partial charge in [-0.05, 0) is 44.2 Å². The van der Waals surface area contributed by atoms with E-state index in [0.717, 1.165) is 12.1 Å². The molecular formula is C19H17N3O6. The van der Waals surface area contributed by atoms with Gasteiger partial charge in [0.2, 0.25) is 0 Å². The number of nitriles is 1. The SMILES string of the molecule is CC(C)Oc1ccc(C(=O)OCC(=O)Nc2ccc([N+](=O)[O-])cc2C#N)cc1. The lowest BCUT2D eigenvalue weighted by Gasteiger charge is -2.10. The van der Waals surface area contributed by atoms with Crippen molar-refractivity contribution in [3.05, 3.63) is 63.7 Å². The summed E-state index contributed by atoms with van der Waals surface area (Å²) in [6, 6.07) is 11.5. The van der Waals surface area contributed by atoms with Crippen molar-refractivity contribution >= 4 is 23.3 Å². The molecule has 2 rings (SSSR count). The lowest BCUT2D eigenvalue weighted by atomic mass is 10.1. The van der Waals surface area contributed by atoms with Crippen LogP contribution < -0.4 is 10.1 Å². The number of carbonyl (C=O) groups is 2. The molecule has 0 saturated heterocycles. The molecule has 0 aliphatic rings. The van der Waals surface area contributed by atoms with Crippen LogP contribution in [-0.2, 0) is 9.53 Å². The summed E-state index contributed by atoms with van der Waals surface area (Å²) in [5.41, 5.74) is -0.0122. The molecule has 2 aromatic rings. The second-order valence-corrected chi connectivity index (χ2v) is 5.91. The van der Waals surface area contributed by atoms with Gasteiger partial charge in [0, 0.05) is 12.1 Å². The highest BCUT2D eigenvalue weighted by molar-refractivity contribution is 5.96. The molecule has 1 N–H and O–H groups in total. The number of non-ortho nitro benzene ring substituents is 1. The van der Waals surface area contributed by atoms with Crippen molar-refractivity contribution in [2.75, 3.05) is 11.9 Å². The molecule has 0 aromatic heterocycles. The summed E-state index contributed by atoms with van der Waals surface area (Å²) >= 11 is 0. The van der Waals surface area contributed by atoms with Crippen LogP contribution in [0, 0.1) is 21.4 Å². The highest BCUT2D eigenvalue weighted by atomic mass is 16.6. The minimum Gasteiger partial charge on any atom is -0.491 e. The van der Waals surface area contributed by atoms with Gasteiger partial charge in [0.05, 0.1) is 27.8 Å². The third-order valence-corrected chi connectivity index (χ3v) is 3.40. The Balaban J connectivity index is 1.94. The van der Waals surface area contributed by atoms with Crippen LogP contribution in [0.4, 0.5) is 11.4 Å². The van der Waals surface area contributed by atoms with E-state index in [-0.39, 0.29) is 28.6 Å². The first-order valence-corrected chi connectivity index (χ1v) is 8.22. The normalized spacial score (nSPS) is 10.1. The van der Waals surface area contributed by atoms with Gasteiger partial charge in [-0.3, -0.25) is 14.9 Å². The standard InChI is InChI=1S/C19H17N3O6/c1-12(2)28-16-6-3-13(4-7-16)19(24)27-11-18(23)21-17-8-5-15(22(25)26)9-14(17)10-20/h3-9,12H,11H2,1-2H3,(H,21,23). The number of nitrogens with zero attached hydrogens (tertiary/aromatic N) is 2. The van der Waals surface area contributed by atoms with Crippen LogP contribution in [0.3, 0.4) is 0 Å². The fourth-order valence-electron chi connectivity index (χ4n) is 2.19. The Kier molecular flexibility index (Phi) is 6.65. The first-order valence-electron chi connectivity index (χ1n) is 8.22. The summed E-state index contributed by atoms with van der Waals surface area (Å²) in [5.74, 6) is -0.777. The number of hydrogen-bond donors (Lipinski definition) is 1. The van der Waals surface area contributed by atoms with Crippen molar-refractivity contribution in [2.24, 2.45) is 0 Å². The Hall–Kier alpha value is -3.93. The summed E-state index contributed by atoms with van der Waals surface area (Å²) in [7, 11) is 0. The van der Waals surface area contributed by atoms with Crippen LogP contribution >= 0.6 is 0 Å². The van der Waals surface area contributed by atoms with Gasteiger partial charge in [0.1, 0.15) is 11.8 Å². The number of esters is 1. The number of nitrogens with one attached hydrogen (secondary N) is 1. The van der Waals surface area contributed by atoms with E-state index in [0.29, 0.717) is 5.75 Å². The Morgan fingerprint density at radius 2 is 1.89 bits per heavy atom. The van der Waals surface area contributed by atoms with E-state index >= 15 is 0 Å². The predicted molar refractivity (Wildman–Crippen MR) is 98.9 cm³/mol. The third-order valence-electron chi connectivity index (χ3n) is 3.40. The summed E-state index contributed by atoms with van der Waals surface area (Å²) in [5, 5.41) is 22.2. The van der Waals surface area contributed by atoms with E-state index in [1.54, 1.807) is 18.2 Å². The maximum absolute atomic E-state index is 12.0. The molecule has 0 heterocycles. The van der Waals surface area contributed by atoms with Crippen LogP contribution in [0.5, 0.6) is 5.75 Å². The van der Waals surface area contributed by atoms with Crippen LogP contribution in [0.1, 0.15) is 29.8 Å². The number of carbonyl (C=O) groups excluding carboxylic acids is 2. The smallest absolute Gasteiger partial charge is 0.338 e. The van der Waals surface area contributed by atoms with Crippen molar-refractivity contribution in [1.82, 2.24) is 0 Å². The van der Waals surface area contributed by atoms with E-state index < -0.39 is 23.4 Å². The number of hydrogen-bond acceptors (Lipinski definition) is 7. The second kappa shape index (κ2) is 9.14. The van der Waals surface area contributed by atoms with Gasteiger partial charge < -0.3 is 14.8 Å². The zero-order chi connectivity index (χ0) is 20.7. The second-order valence-electron chi connectivity index (χ2n) is 5.91. The first-order chi connectivity index (χ1) is 13.3. The molecule has 0 aliphatic carbocycles. The van der Waals surface area contributed by atoms with Gasteiger partial charge >= 0.3 is 5.97 Å². The quantitative estimate of drug-likeness (QED) is 0.441. The monoisotopic (exact) mass is 383 g/mol. The molecule has 0 atom stereocenters. The van der Waals surface area contributed by atoms with Crippen molar-refractivity contribution in [3.63, 3.8) is 0 Å². The zero-order valence-electron chi connectivity index (χ0n) is 15.2. The maximum Gasteiger partial charge on any atom is 0.338 e. The van der Waals surface area contributed by atoms with E-state index in [4.69, 9.17) is 14.7 Å². The van der Waals surface area contributed by atoms with Gasteiger partial charge in [0.25, 0.3) is 11.6 Å². The molecule has 0 aliphatic heterocycles. The average Bonchev–Trinajstić information content (AvgIpc) is 2.66. The average molecular weight is 383 g/mol. The lowest BCUT2D eigenvalue weighted by Crippen LogP contribution is -2.21. The third kappa shape index (κ3) is 5.54. The highest BCUT2D eigenvalue weighted by Crippen LogP contribution is 2.21. The van der Waals surface area contributed by atoms with E-state index in [1.165, 1.54) is 18.2 Å². The predicted octanol–water partition coefficient (Wildman–Crippen LogP) is 3.05. The van der Waals surface area contributed by atoms with Gasteiger partial charge in [-0.15, -0.1) is 0 Å². The Labute approximate surface area is 160 Å². The number of nitro groups is 1. The maximum atomic E-state index is 12.0. The van der Waals surface area contributed by atoms with Gasteiger partial charge in [-0.1, -0.05) is 0 Å². The molecule has 9 nitrogen and oxygen atoms in total. The van der Waals surface area contributed by atoms with Crippen LogP contribution in [0.15, 0.2) is 42.5 Å². The fraction of sp³-hybridized carbons (Fsp3) is 0.211. The number of benzene rings is 2. The molecule has 1 amide bonds. The molecule has 0 fully saturated rings.